The molecule has 1 aromatic heterocycles. The summed E-state index contributed by atoms with van der Waals surface area (Å²) < 4.78 is 11.1. The Bertz CT molecular complexity index is 456. The van der Waals surface area contributed by atoms with Gasteiger partial charge in [0, 0.05) is 31.4 Å². The first-order chi connectivity index (χ1) is 9.94. The molecule has 0 bridgehead atoms. The van der Waals surface area contributed by atoms with Gasteiger partial charge in [-0.25, -0.2) is 4.79 Å². The number of carbonyl (C=O) groups excluding carboxylic acids is 1. The summed E-state index contributed by atoms with van der Waals surface area (Å²) in [4.78, 5) is 17.7. The number of carbonyl (C=O) groups is 1. The van der Waals surface area contributed by atoms with Gasteiger partial charge in [-0.2, -0.15) is 0 Å². The Hall–Kier alpha value is -1.62. The van der Waals surface area contributed by atoms with Gasteiger partial charge in [0.1, 0.15) is 5.60 Å². The molecule has 0 spiro atoms. The second-order valence-electron chi connectivity index (χ2n) is 6.45. The van der Waals surface area contributed by atoms with E-state index in [9.17, 15) is 4.79 Å². The summed E-state index contributed by atoms with van der Waals surface area (Å²) in [6.07, 6.45) is 4.27. The van der Waals surface area contributed by atoms with Crippen LogP contribution >= 0.6 is 0 Å². The molecule has 0 N–H and O–H groups in total. The number of hydrogen-bond donors (Lipinski definition) is 0. The number of ether oxygens (including phenoxy) is 2. The van der Waals surface area contributed by atoms with Crippen molar-refractivity contribution < 1.29 is 14.3 Å². The Morgan fingerprint density at radius 3 is 2.76 bits per heavy atom. The van der Waals surface area contributed by atoms with Gasteiger partial charge >= 0.3 is 6.09 Å². The lowest BCUT2D eigenvalue weighted by molar-refractivity contribution is 0.0271. The molecule has 5 heteroatoms. The fourth-order valence-electron chi connectivity index (χ4n) is 2.28. The van der Waals surface area contributed by atoms with Crippen LogP contribution in [0.2, 0.25) is 0 Å². The number of likely N-dealkylation sites (tertiary alicyclic amines) is 1. The van der Waals surface area contributed by atoms with Crippen LogP contribution in [0.5, 0.6) is 0 Å². The molecule has 1 atom stereocenters. The highest BCUT2D eigenvalue weighted by Crippen LogP contribution is 2.20. The quantitative estimate of drug-likeness (QED) is 0.856. The van der Waals surface area contributed by atoms with Gasteiger partial charge < -0.3 is 14.4 Å². The number of rotatable bonds is 4. The zero-order chi connectivity index (χ0) is 15.3. The van der Waals surface area contributed by atoms with Crippen molar-refractivity contribution in [2.45, 2.75) is 39.4 Å². The molecule has 5 nitrogen and oxygen atoms in total. The molecule has 116 valence electrons. The highest BCUT2D eigenvalue weighted by molar-refractivity contribution is 5.68. The third kappa shape index (κ3) is 5.34. The van der Waals surface area contributed by atoms with Crippen molar-refractivity contribution in [3.63, 3.8) is 0 Å². The van der Waals surface area contributed by atoms with Gasteiger partial charge in [0.25, 0.3) is 0 Å². The molecule has 0 radical (unpaired) electrons. The fourth-order valence-corrected chi connectivity index (χ4v) is 2.28. The van der Waals surface area contributed by atoms with Crippen LogP contribution in [0.1, 0.15) is 32.8 Å². The monoisotopic (exact) mass is 292 g/mol. The Kier molecular flexibility index (Phi) is 5.17. The zero-order valence-corrected chi connectivity index (χ0v) is 13.0. The molecular formula is C16H24N2O3. The van der Waals surface area contributed by atoms with Crippen molar-refractivity contribution in [2.24, 2.45) is 5.92 Å². The number of hydrogen-bond acceptors (Lipinski definition) is 4. The molecule has 1 amide bonds. The van der Waals surface area contributed by atoms with Gasteiger partial charge in [0.15, 0.2) is 0 Å². The van der Waals surface area contributed by atoms with Gasteiger partial charge in [-0.15, -0.1) is 0 Å². The Morgan fingerprint density at radius 1 is 1.38 bits per heavy atom. The van der Waals surface area contributed by atoms with Crippen LogP contribution in [-0.4, -0.2) is 41.3 Å². The molecule has 0 unspecified atom stereocenters. The number of aromatic nitrogens is 1. The first-order valence-corrected chi connectivity index (χ1v) is 7.38. The lowest BCUT2D eigenvalue weighted by Crippen LogP contribution is -2.35. The van der Waals surface area contributed by atoms with Gasteiger partial charge in [0.2, 0.25) is 0 Å². The van der Waals surface area contributed by atoms with E-state index >= 15 is 0 Å². The van der Waals surface area contributed by atoms with Crippen LogP contribution in [0.15, 0.2) is 24.5 Å². The van der Waals surface area contributed by atoms with Crippen molar-refractivity contribution in [1.82, 2.24) is 9.88 Å². The SMILES string of the molecule is CC(C)(C)OC(=O)N1CC[C@H](COCc2ccncc2)C1. The Morgan fingerprint density at radius 2 is 2.10 bits per heavy atom. The third-order valence-electron chi connectivity index (χ3n) is 3.31. The molecular weight excluding hydrogens is 268 g/mol. The minimum Gasteiger partial charge on any atom is -0.444 e. The van der Waals surface area contributed by atoms with Gasteiger partial charge in [-0.3, -0.25) is 4.98 Å². The summed E-state index contributed by atoms with van der Waals surface area (Å²) >= 11 is 0. The predicted octanol–water partition coefficient (Wildman–Crippen LogP) is 2.86. The standard InChI is InChI=1S/C16H24N2O3/c1-16(2,3)21-15(19)18-9-6-14(10-18)12-20-11-13-4-7-17-8-5-13/h4-5,7-8,14H,6,9-12H2,1-3H3/t14-/m0/s1. The molecule has 1 fully saturated rings. The molecule has 1 aromatic rings. The van der Waals surface area contributed by atoms with E-state index in [0.717, 1.165) is 18.5 Å². The number of nitrogens with zero attached hydrogens (tertiary/aromatic N) is 2. The molecule has 21 heavy (non-hydrogen) atoms. The topological polar surface area (TPSA) is 51.7 Å². The molecule has 2 rings (SSSR count). The van der Waals surface area contributed by atoms with Crippen LogP contribution in [0.25, 0.3) is 0 Å². The van der Waals surface area contributed by atoms with Crippen molar-refractivity contribution >= 4 is 6.09 Å². The fraction of sp³-hybridized carbons (Fsp3) is 0.625. The smallest absolute Gasteiger partial charge is 0.410 e. The van der Waals surface area contributed by atoms with E-state index < -0.39 is 5.60 Å². The van der Waals surface area contributed by atoms with E-state index in [1.54, 1.807) is 17.3 Å². The average molecular weight is 292 g/mol. The highest BCUT2D eigenvalue weighted by atomic mass is 16.6. The van der Waals surface area contributed by atoms with Gasteiger partial charge in [-0.05, 0) is 44.9 Å². The lowest BCUT2D eigenvalue weighted by Gasteiger charge is -2.24. The van der Waals surface area contributed by atoms with E-state index in [-0.39, 0.29) is 6.09 Å². The summed E-state index contributed by atoms with van der Waals surface area (Å²) in [5.74, 6) is 0.388. The maximum Gasteiger partial charge on any atom is 0.410 e. The second kappa shape index (κ2) is 6.89. The summed E-state index contributed by atoms with van der Waals surface area (Å²) in [5.41, 5.74) is 0.680. The third-order valence-corrected chi connectivity index (χ3v) is 3.31. The maximum atomic E-state index is 12.0. The van der Waals surface area contributed by atoms with E-state index in [4.69, 9.17) is 9.47 Å². The molecule has 0 aromatic carbocycles. The van der Waals surface area contributed by atoms with Crippen molar-refractivity contribution in [3.8, 4) is 0 Å². The normalized spacial score (nSPS) is 18.8. The second-order valence-corrected chi connectivity index (χ2v) is 6.45. The van der Waals surface area contributed by atoms with Crippen LogP contribution in [0, 0.1) is 5.92 Å². The first-order valence-electron chi connectivity index (χ1n) is 7.38. The average Bonchev–Trinajstić information content (AvgIpc) is 2.87. The number of pyridine rings is 1. The molecule has 1 aliphatic rings. The van der Waals surface area contributed by atoms with Gasteiger partial charge in [-0.1, -0.05) is 0 Å². The molecule has 0 aliphatic carbocycles. The molecule has 2 heterocycles. The zero-order valence-electron chi connectivity index (χ0n) is 13.0. The van der Waals surface area contributed by atoms with E-state index in [1.165, 1.54) is 0 Å². The number of amides is 1. The first kappa shape index (κ1) is 15.8. The molecule has 0 saturated carbocycles. The van der Waals surface area contributed by atoms with Crippen LogP contribution < -0.4 is 0 Å². The predicted molar refractivity (Wildman–Crippen MR) is 79.8 cm³/mol. The molecule has 1 saturated heterocycles. The van der Waals surface area contributed by atoms with E-state index in [0.29, 0.717) is 25.7 Å². The van der Waals surface area contributed by atoms with Crippen molar-refractivity contribution in [1.29, 1.82) is 0 Å². The Balaban J connectivity index is 1.69. The van der Waals surface area contributed by atoms with E-state index in [2.05, 4.69) is 4.98 Å². The minimum absolute atomic E-state index is 0.223. The summed E-state index contributed by atoms with van der Waals surface area (Å²) in [5, 5.41) is 0. The van der Waals surface area contributed by atoms with Crippen LogP contribution in [-0.2, 0) is 16.1 Å². The lowest BCUT2D eigenvalue weighted by atomic mass is 10.1. The summed E-state index contributed by atoms with van der Waals surface area (Å²) in [6, 6.07) is 3.89. The summed E-state index contributed by atoms with van der Waals surface area (Å²) in [6.45, 7) is 8.37. The van der Waals surface area contributed by atoms with E-state index in [1.807, 2.05) is 32.9 Å². The summed E-state index contributed by atoms with van der Waals surface area (Å²) in [7, 11) is 0. The van der Waals surface area contributed by atoms with Crippen molar-refractivity contribution in [3.05, 3.63) is 30.1 Å². The Labute approximate surface area is 126 Å². The minimum atomic E-state index is -0.437. The largest absolute Gasteiger partial charge is 0.444 e. The van der Waals surface area contributed by atoms with Crippen LogP contribution in [0.3, 0.4) is 0 Å². The van der Waals surface area contributed by atoms with Crippen molar-refractivity contribution in [2.75, 3.05) is 19.7 Å². The molecule has 1 aliphatic heterocycles. The highest BCUT2D eigenvalue weighted by Gasteiger charge is 2.29. The maximum absolute atomic E-state index is 12.0. The van der Waals surface area contributed by atoms with Gasteiger partial charge in [0.05, 0.1) is 13.2 Å². The van der Waals surface area contributed by atoms with Crippen LogP contribution in [0.4, 0.5) is 4.79 Å².